The fraction of sp³-hybridized carbons (Fsp3) is 0.647. The number of benzene rings is 1. The van der Waals surface area contributed by atoms with Gasteiger partial charge >= 0.3 is 9.28 Å². The summed E-state index contributed by atoms with van der Waals surface area (Å²) in [6, 6.07) is 9.34. The van der Waals surface area contributed by atoms with Gasteiger partial charge in [-0.05, 0) is 31.4 Å². The Hall–Kier alpha value is -0.883. The molecule has 1 aliphatic heterocycles. The monoisotopic (exact) mass is 322 g/mol. The molecule has 0 N–H and O–H groups in total. The van der Waals surface area contributed by atoms with Crippen molar-refractivity contribution in [3.8, 4) is 5.75 Å². The lowest BCUT2D eigenvalue weighted by atomic mass is 10.1. The summed E-state index contributed by atoms with van der Waals surface area (Å²) >= 11 is 0. The van der Waals surface area contributed by atoms with E-state index < -0.39 is 9.28 Å². The first-order valence-electron chi connectivity index (χ1n) is 8.38. The molecule has 0 aliphatic carbocycles. The van der Waals surface area contributed by atoms with Crippen molar-refractivity contribution in [3.63, 3.8) is 0 Å². The topological polar surface area (TPSA) is 30.9 Å². The minimum atomic E-state index is -1.10. The number of ether oxygens (including phenoxy) is 1. The van der Waals surface area contributed by atoms with Crippen LogP contribution in [0.25, 0.3) is 0 Å². The molecule has 1 heterocycles. The summed E-state index contributed by atoms with van der Waals surface area (Å²) in [5.74, 6) is 1.03. The predicted octanol–water partition coefficient (Wildman–Crippen LogP) is 3.57. The van der Waals surface area contributed by atoms with Gasteiger partial charge in [0.1, 0.15) is 12.5 Å². The zero-order valence-corrected chi connectivity index (χ0v) is 14.8. The van der Waals surface area contributed by atoms with E-state index in [0.717, 1.165) is 57.4 Å². The van der Waals surface area contributed by atoms with Crippen LogP contribution in [0.5, 0.6) is 5.75 Å². The van der Waals surface area contributed by atoms with E-state index in [1.807, 2.05) is 12.1 Å². The smallest absolute Gasteiger partial charge is 0.384 e. The Balaban J connectivity index is 1.70. The highest BCUT2D eigenvalue weighted by atomic mass is 28.3. The zero-order valence-electron chi connectivity index (χ0n) is 13.8. The van der Waals surface area contributed by atoms with Gasteiger partial charge in [0.15, 0.2) is 0 Å². The van der Waals surface area contributed by atoms with Crippen LogP contribution in [0.3, 0.4) is 0 Å². The maximum atomic E-state index is 5.87. The molecule has 0 fully saturated rings. The number of nitrogens with zero attached hydrogens (tertiary/aromatic N) is 1. The molecule has 5 heteroatoms. The Kier molecular flexibility index (Phi) is 7.94. The largest absolute Gasteiger partial charge is 0.478 e. The van der Waals surface area contributed by atoms with E-state index in [2.05, 4.69) is 30.9 Å². The van der Waals surface area contributed by atoms with Crippen molar-refractivity contribution in [2.24, 2.45) is 0 Å². The fourth-order valence-electron chi connectivity index (χ4n) is 2.43. The van der Waals surface area contributed by atoms with Crippen molar-refractivity contribution >= 4 is 9.28 Å². The van der Waals surface area contributed by atoms with E-state index >= 15 is 0 Å². The second-order valence-electron chi connectivity index (χ2n) is 5.61. The highest BCUT2D eigenvalue weighted by Crippen LogP contribution is 2.24. The number of para-hydroxylation sites is 1. The van der Waals surface area contributed by atoms with Crippen molar-refractivity contribution in [2.45, 2.75) is 45.7 Å². The normalized spacial score (nSPS) is 14.9. The van der Waals surface area contributed by atoms with E-state index in [1.54, 1.807) is 0 Å². The van der Waals surface area contributed by atoms with E-state index in [1.165, 1.54) is 5.56 Å². The first-order chi connectivity index (χ1) is 10.8. The van der Waals surface area contributed by atoms with Crippen molar-refractivity contribution in [1.82, 2.24) is 4.90 Å². The molecule has 0 bridgehead atoms. The van der Waals surface area contributed by atoms with Gasteiger partial charge in [-0.25, -0.2) is 0 Å². The Labute approximate surface area is 136 Å². The SMILES string of the molecule is CCCO[Si](CCCN1COc2ccccc2C1)OCCC. The molecule has 0 amide bonds. The van der Waals surface area contributed by atoms with E-state index in [-0.39, 0.29) is 0 Å². The van der Waals surface area contributed by atoms with Crippen LogP contribution in [-0.4, -0.2) is 40.7 Å². The van der Waals surface area contributed by atoms with Crippen LogP contribution in [0.2, 0.25) is 6.04 Å². The molecule has 0 atom stereocenters. The van der Waals surface area contributed by atoms with Gasteiger partial charge in [0, 0.05) is 31.9 Å². The molecule has 1 aliphatic rings. The summed E-state index contributed by atoms with van der Waals surface area (Å²) in [6.07, 6.45) is 3.22. The lowest BCUT2D eigenvalue weighted by Crippen LogP contribution is -2.33. The van der Waals surface area contributed by atoms with E-state index in [9.17, 15) is 0 Å². The lowest BCUT2D eigenvalue weighted by Gasteiger charge is -2.29. The molecule has 1 aromatic rings. The first kappa shape index (κ1) is 17.5. The number of hydrogen-bond donors (Lipinski definition) is 0. The van der Waals surface area contributed by atoms with Crippen molar-refractivity contribution < 1.29 is 13.6 Å². The first-order valence-corrected chi connectivity index (χ1v) is 9.90. The molecular weight excluding hydrogens is 294 g/mol. The van der Waals surface area contributed by atoms with Gasteiger partial charge in [0.25, 0.3) is 0 Å². The maximum Gasteiger partial charge on any atom is 0.384 e. The quantitative estimate of drug-likeness (QED) is 0.616. The minimum absolute atomic E-state index is 0.685. The average molecular weight is 323 g/mol. The Morgan fingerprint density at radius 3 is 2.59 bits per heavy atom. The summed E-state index contributed by atoms with van der Waals surface area (Å²) in [6.45, 7) is 8.61. The van der Waals surface area contributed by atoms with Crippen LogP contribution in [0.4, 0.5) is 0 Å². The van der Waals surface area contributed by atoms with Gasteiger partial charge in [-0.1, -0.05) is 32.0 Å². The minimum Gasteiger partial charge on any atom is -0.478 e. The predicted molar refractivity (Wildman–Crippen MR) is 90.0 cm³/mol. The number of hydrogen-bond acceptors (Lipinski definition) is 4. The number of rotatable bonds is 10. The van der Waals surface area contributed by atoms with Crippen molar-refractivity contribution in [2.75, 3.05) is 26.5 Å². The van der Waals surface area contributed by atoms with Gasteiger partial charge in [0.2, 0.25) is 0 Å². The van der Waals surface area contributed by atoms with Crippen LogP contribution in [0, 0.1) is 0 Å². The molecular formula is C17H28NO3Si. The molecule has 1 aromatic carbocycles. The average Bonchev–Trinajstić information content (AvgIpc) is 2.56. The summed E-state index contributed by atoms with van der Waals surface area (Å²) in [4.78, 5) is 2.35. The second kappa shape index (κ2) is 10.00. The molecule has 2 rings (SSSR count). The standard InChI is InChI=1S/C17H28NO3Si/c1-3-11-20-22(21-12-4-2)13-7-10-18-14-16-8-5-6-9-17(16)19-15-18/h5-6,8-9H,3-4,7,10-15H2,1-2H3. The van der Waals surface area contributed by atoms with Gasteiger partial charge in [-0.2, -0.15) is 0 Å². The molecule has 1 radical (unpaired) electrons. The van der Waals surface area contributed by atoms with Gasteiger partial charge < -0.3 is 13.6 Å². The summed E-state index contributed by atoms with van der Waals surface area (Å²) in [7, 11) is -1.10. The van der Waals surface area contributed by atoms with E-state index in [0.29, 0.717) is 6.73 Å². The Bertz CT molecular complexity index is 422. The molecule has 0 spiro atoms. The molecule has 0 saturated carbocycles. The molecule has 0 saturated heterocycles. The van der Waals surface area contributed by atoms with Crippen molar-refractivity contribution in [1.29, 1.82) is 0 Å². The Morgan fingerprint density at radius 2 is 1.86 bits per heavy atom. The molecule has 4 nitrogen and oxygen atoms in total. The fourth-order valence-corrected chi connectivity index (χ4v) is 4.11. The summed E-state index contributed by atoms with van der Waals surface area (Å²) in [5.41, 5.74) is 1.28. The zero-order chi connectivity index (χ0) is 15.6. The second-order valence-corrected chi connectivity index (χ2v) is 7.43. The van der Waals surface area contributed by atoms with Crippen LogP contribution in [0.1, 0.15) is 38.7 Å². The third-order valence-corrected chi connectivity index (χ3v) is 5.37. The molecule has 0 aromatic heterocycles. The molecule has 22 heavy (non-hydrogen) atoms. The van der Waals surface area contributed by atoms with Gasteiger partial charge in [-0.15, -0.1) is 0 Å². The summed E-state index contributed by atoms with van der Waals surface area (Å²) < 4.78 is 17.5. The molecule has 0 unspecified atom stereocenters. The Morgan fingerprint density at radius 1 is 1.14 bits per heavy atom. The molecule has 123 valence electrons. The van der Waals surface area contributed by atoms with E-state index in [4.69, 9.17) is 13.6 Å². The van der Waals surface area contributed by atoms with Crippen LogP contribution >= 0.6 is 0 Å². The van der Waals surface area contributed by atoms with Gasteiger partial charge in [0.05, 0.1) is 0 Å². The van der Waals surface area contributed by atoms with Crippen LogP contribution in [-0.2, 0) is 15.4 Å². The van der Waals surface area contributed by atoms with Crippen LogP contribution in [0.15, 0.2) is 24.3 Å². The highest BCUT2D eigenvalue weighted by molar-refractivity contribution is 6.44. The van der Waals surface area contributed by atoms with Crippen molar-refractivity contribution in [3.05, 3.63) is 29.8 Å². The van der Waals surface area contributed by atoms with Crippen LogP contribution < -0.4 is 4.74 Å². The third-order valence-electron chi connectivity index (χ3n) is 3.56. The number of fused-ring (bicyclic) bond motifs is 1. The maximum absolute atomic E-state index is 5.87. The highest BCUT2D eigenvalue weighted by Gasteiger charge is 2.19. The van der Waals surface area contributed by atoms with Gasteiger partial charge in [-0.3, -0.25) is 4.90 Å². The lowest BCUT2D eigenvalue weighted by molar-refractivity contribution is 0.0944. The summed E-state index contributed by atoms with van der Waals surface area (Å²) in [5, 5.41) is 0. The third kappa shape index (κ3) is 5.72.